The molecule has 1 atom stereocenters. The number of rotatable bonds is 4. The van der Waals surface area contributed by atoms with Gasteiger partial charge >= 0.3 is 18.2 Å². The van der Waals surface area contributed by atoms with Gasteiger partial charge in [-0.05, 0) is 43.4 Å². The Hall–Kier alpha value is -2.32. The van der Waals surface area contributed by atoms with Crippen LogP contribution < -0.4 is 10.6 Å². The second kappa shape index (κ2) is 7.71. The normalized spacial score (nSPS) is 22.1. The molecule has 9 heteroatoms. The molecule has 5 nitrogen and oxygen atoms in total. The van der Waals surface area contributed by atoms with Crippen LogP contribution in [-0.4, -0.2) is 29.3 Å². The molecule has 1 saturated carbocycles. The van der Waals surface area contributed by atoms with E-state index in [2.05, 4.69) is 5.32 Å². The average molecular weight is 362 g/mol. The largest absolute Gasteiger partial charge is 0.481 e. The van der Waals surface area contributed by atoms with Crippen LogP contribution in [0.2, 0.25) is 0 Å². The molecule has 3 N–H and O–H groups in total. The Morgan fingerprint density at radius 3 is 2.12 bits per heavy atom. The topological polar surface area (TPSA) is 78.4 Å². The Morgan fingerprint density at radius 1 is 1.08 bits per heavy atom. The Morgan fingerprint density at radius 2 is 1.64 bits per heavy atom. The predicted octanol–water partition coefficient (Wildman–Crippen LogP) is 3.37. The number of hydrogen-bond acceptors (Lipinski definition) is 2. The minimum atomic E-state index is -4.74. The Bertz CT molecular complexity index is 611. The maximum atomic E-state index is 13.2. The van der Waals surface area contributed by atoms with Gasteiger partial charge in [-0.15, -0.1) is 0 Å². The molecule has 0 bridgehead atoms. The van der Waals surface area contributed by atoms with E-state index in [-0.39, 0.29) is 11.6 Å². The smallest absolute Gasteiger partial charge is 0.412 e. The van der Waals surface area contributed by atoms with Crippen molar-refractivity contribution in [1.82, 2.24) is 10.6 Å². The third-order valence-corrected chi connectivity index (χ3v) is 4.22. The first-order chi connectivity index (χ1) is 11.7. The maximum Gasteiger partial charge on any atom is 0.412 e. The monoisotopic (exact) mass is 362 g/mol. The molecule has 138 valence electrons. The van der Waals surface area contributed by atoms with Crippen molar-refractivity contribution < 1.29 is 32.3 Å². The molecular formula is C16H18F4N2O3. The number of carbonyl (C=O) groups excluding carboxylic acids is 1. The van der Waals surface area contributed by atoms with Crippen LogP contribution in [0, 0.1) is 11.7 Å². The first-order valence-corrected chi connectivity index (χ1v) is 7.79. The van der Waals surface area contributed by atoms with E-state index >= 15 is 0 Å². The number of benzene rings is 1. The minimum Gasteiger partial charge on any atom is -0.481 e. The number of halogens is 4. The summed E-state index contributed by atoms with van der Waals surface area (Å²) in [6, 6.07) is 0.0749. The lowest BCUT2D eigenvalue weighted by molar-refractivity contribution is -0.155. The number of carbonyl (C=O) groups is 2. The van der Waals surface area contributed by atoms with Gasteiger partial charge in [0.05, 0.1) is 5.92 Å². The molecule has 25 heavy (non-hydrogen) atoms. The Kier molecular flexibility index (Phi) is 5.86. The van der Waals surface area contributed by atoms with Gasteiger partial charge < -0.3 is 15.7 Å². The minimum absolute atomic E-state index is 0.279. The van der Waals surface area contributed by atoms with Crippen molar-refractivity contribution in [3.05, 3.63) is 35.6 Å². The first-order valence-electron chi connectivity index (χ1n) is 7.79. The molecule has 0 saturated heterocycles. The molecule has 1 aromatic rings. The summed E-state index contributed by atoms with van der Waals surface area (Å²) in [6.45, 7) is 0. The molecule has 1 aliphatic carbocycles. The van der Waals surface area contributed by atoms with Crippen LogP contribution in [0.1, 0.15) is 37.3 Å². The van der Waals surface area contributed by atoms with Gasteiger partial charge in [-0.2, -0.15) is 13.2 Å². The van der Waals surface area contributed by atoms with E-state index < -0.39 is 36.0 Å². The number of carboxylic acid groups (broad SMARTS) is 1. The summed E-state index contributed by atoms with van der Waals surface area (Å²) in [6.07, 6.45) is -3.24. The Balaban J connectivity index is 1.96. The molecule has 0 aliphatic heterocycles. The van der Waals surface area contributed by atoms with Crippen LogP contribution in [0.25, 0.3) is 0 Å². The van der Waals surface area contributed by atoms with Crippen LogP contribution in [0.4, 0.5) is 22.4 Å². The van der Waals surface area contributed by atoms with Crippen molar-refractivity contribution in [2.24, 2.45) is 5.92 Å². The van der Waals surface area contributed by atoms with Gasteiger partial charge in [-0.1, -0.05) is 12.1 Å². The highest BCUT2D eigenvalue weighted by atomic mass is 19.4. The second-order valence-electron chi connectivity index (χ2n) is 6.03. The van der Waals surface area contributed by atoms with Gasteiger partial charge in [0, 0.05) is 6.04 Å². The van der Waals surface area contributed by atoms with Crippen molar-refractivity contribution in [3.8, 4) is 0 Å². The van der Waals surface area contributed by atoms with Crippen molar-refractivity contribution >= 4 is 12.0 Å². The molecule has 0 aromatic heterocycles. The number of hydrogen-bond donors (Lipinski definition) is 3. The van der Waals surface area contributed by atoms with Crippen LogP contribution in [0.5, 0.6) is 0 Å². The third-order valence-electron chi connectivity index (χ3n) is 4.22. The zero-order chi connectivity index (χ0) is 18.6. The number of aliphatic carboxylic acids is 1. The fourth-order valence-electron chi connectivity index (χ4n) is 2.85. The third kappa shape index (κ3) is 5.33. The van der Waals surface area contributed by atoms with Crippen LogP contribution in [0.15, 0.2) is 24.3 Å². The molecule has 1 aromatic carbocycles. The van der Waals surface area contributed by atoms with Gasteiger partial charge in [-0.25, -0.2) is 9.18 Å². The van der Waals surface area contributed by atoms with Crippen molar-refractivity contribution in [2.75, 3.05) is 0 Å². The molecule has 1 aliphatic rings. The maximum absolute atomic E-state index is 13.2. The molecule has 1 fully saturated rings. The average Bonchev–Trinajstić information content (AvgIpc) is 2.53. The van der Waals surface area contributed by atoms with Gasteiger partial charge in [0.1, 0.15) is 5.82 Å². The van der Waals surface area contributed by atoms with E-state index in [4.69, 9.17) is 5.11 Å². The van der Waals surface area contributed by atoms with Gasteiger partial charge in [-0.3, -0.25) is 4.79 Å². The summed E-state index contributed by atoms with van der Waals surface area (Å²) in [5.74, 6) is -2.07. The number of alkyl halides is 3. The fraction of sp³-hybridized carbons (Fsp3) is 0.500. The van der Waals surface area contributed by atoms with Gasteiger partial charge in [0.2, 0.25) is 0 Å². The highest BCUT2D eigenvalue weighted by Crippen LogP contribution is 2.32. The zero-order valence-electron chi connectivity index (χ0n) is 13.1. The van der Waals surface area contributed by atoms with Crippen molar-refractivity contribution in [3.63, 3.8) is 0 Å². The van der Waals surface area contributed by atoms with E-state index in [9.17, 15) is 27.2 Å². The van der Waals surface area contributed by atoms with Gasteiger partial charge in [0.25, 0.3) is 0 Å². The van der Waals surface area contributed by atoms with E-state index in [1.807, 2.05) is 5.32 Å². The highest BCUT2D eigenvalue weighted by Gasteiger charge is 2.42. The lowest BCUT2D eigenvalue weighted by atomic mass is 9.86. The predicted molar refractivity (Wildman–Crippen MR) is 80.2 cm³/mol. The number of carboxylic acids is 1. The number of nitrogens with one attached hydrogen (secondary N) is 2. The second-order valence-corrected chi connectivity index (χ2v) is 6.03. The summed E-state index contributed by atoms with van der Waals surface area (Å²) in [5, 5.41) is 13.2. The molecule has 0 radical (unpaired) electrons. The van der Waals surface area contributed by atoms with Crippen molar-refractivity contribution in [2.45, 2.75) is 43.9 Å². The molecule has 2 rings (SSSR count). The van der Waals surface area contributed by atoms with Crippen molar-refractivity contribution in [1.29, 1.82) is 0 Å². The quantitative estimate of drug-likeness (QED) is 0.719. The number of amides is 2. The van der Waals surface area contributed by atoms with E-state index in [1.165, 1.54) is 0 Å². The molecule has 0 unspecified atom stereocenters. The molecule has 0 spiro atoms. The zero-order valence-corrected chi connectivity index (χ0v) is 13.1. The van der Waals surface area contributed by atoms with Gasteiger partial charge in [0.15, 0.2) is 6.04 Å². The summed E-state index contributed by atoms with van der Waals surface area (Å²) < 4.78 is 52.4. The lowest BCUT2D eigenvalue weighted by Gasteiger charge is -2.28. The van der Waals surface area contributed by atoms with E-state index in [1.54, 1.807) is 0 Å². The van der Waals surface area contributed by atoms with Crippen LogP contribution >= 0.6 is 0 Å². The summed E-state index contributed by atoms with van der Waals surface area (Å²) >= 11 is 0. The summed E-state index contributed by atoms with van der Waals surface area (Å²) in [5.41, 5.74) is -0.279. The molecule has 2 amide bonds. The van der Waals surface area contributed by atoms with E-state index in [0.29, 0.717) is 25.7 Å². The highest BCUT2D eigenvalue weighted by molar-refractivity contribution is 5.75. The summed E-state index contributed by atoms with van der Waals surface area (Å²) in [4.78, 5) is 22.8. The number of urea groups is 1. The van der Waals surface area contributed by atoms with Crippen LogP contribution in [0.3, 0.4) is 0 Å². The Labute approximate surface area is 141 Å². The first kappa shape index (κ1) is 19.0. The molecular weight excluding hydrogens is 344 g/mol. The van der Waals surface area contributed by atoms with Crippen LogP contribution in [-0.2, 0) is 4.79 Å². The lowest BCUT2D eigenvalue weighted by Crippen LogP contribution is -2.48. The fourth-order valence-corrected chi connectivity index (χ4v) is 2.85. The van der Waals surface area contributed by atoms with E-state index in [0.717, 1.165) is 24.3 Å². The molecule has 0 heterocycles. The summed E-state index contributed by atoms with van der Waals surface area (Å²) in [7, 11) is 0. The standard InChI is InChI=1S/C16H18F4N2O3/c17-11-5-1-9(2-6-11)13(16(18,19)20)22-15(25)21-12-7-3-10(4-8-12)14(23)24/h1-2,5-6,10,12-13H,3-4,7-8H2,(H,23,24)(H2,21,22,25)/t10?,12?,13-/m0/s1. The SMILES string of the molecule is O=C(NC1CCC(C(=O)O)CC1)N[C@@H](c1ccc(F)cc1)C(F)(F)F.